The minimum absolute atomic E-state index is 0.260. The number of ether oxygens (including phenoxy) is 1. The Hall–Kier alpha value is -3.08. The van der Waals surface area contributed by atoms with Gasteiger partial charge in [0.1, 0.15) is 11.4 Å². The van der Waals surface area contributed by atoms with Crippen molar-refractivity contribution in [2.24, 2.45) is 0 Å². The number of methoxy groups -OCH3 is 1. The molecule has 0 atom stereocenters. The zero-order chi connectivity index (χ0) is 17.3. The van der Waals surface area contributed by atoms with Crippen LogP contribution in [0.5, 0.6) is 5.75 Å². The molecule has 1 aliphatic rings. The molecule has 0 fully saturated rings. The van der Waals surface area contributed by atoms with Gasteiger partial charge in [-0.2, -0.15) is 0 Å². The number of nitrogens with one attached hydrogen (secondary N) is 1. The SMILES string of the molecule is COc1ccccc1NC1=C(c2ccc(C)cc2)C(=O)N(C)C1=O. The Kier molecular flexibility index (Phi) is 4.08. The number of aryl methyl sites for hydroxylation is 1. The zero-order valence-corrected chi connectivity index (χ0v) is 13.8. The third kappa shape index (κ3) is 2.65. The topological polar surface area (TPSA) is 58.6 Å². The van der Waals surface area contributed by atoms with Crippen molar-refractivity contribution in [1.29, 1.82) is 0 Å². The second kappa shape index (κ2) is 6.20. The van der Waals surface area contributed by atoms with Crippen LogP contribution in [-0.4, -0.2) is 30.9 Å². The molecule has 5 heteroatoms. The minimum Gasteiger partial charge on any atom is -0.495 e. The number of imide groups is 1. The summed E-state index contributed by atoms with van der Waals surface area (Å²) in [7, 11) is 3.04. The molecule has 2 aromatic carbocycles. The number of nitrogens with zero attached hydrogens (tertiary/aromatic N) is 1. The normalized spacial score (nSPS) is 14.4. The summed E-state index contributed by atoms with van der Waals surface area (Å²) in [6.45, 7) is 1.97. The Bertz CT molecular complexity index is 838. The Morgan fingerprint density at radius 1 is 0.958 bits per heavy atom. The van der Waals surface area contributed by atoms with Crippen LogP contribution in [0.25, 0.3) is 5.57 Å². The van der Waals surface area contributed by atoms with Crippen molar-refractivity contribution in [2.45, 2.75) is 6.92 Å². The fraction of sp³-hybridized carbons (Fsp3) is 0.158. The molecule has 0 saturated carbocycles. The van der Waals surface area contributed by atoms with Crippen molar-refractivity contribution in [3.63, 3.8) is 0 Å². The van der Waals surface area contributed by atoms with Crippen LogP contribution in [0.4, 0.5) is 5.69 Å². The van der Waals surface area contributed by atoms with E-state index in [1.807, 2.05) is 43.3 Å². The van der Waals surface area contributed by atoms with Crippen molar-refractivity contribution >= 4 is 23.1 Å². The number of carbonyl (C=O) groups is 2. The fourth-order valence-corrected chi connectivity index (χ4v) is 2.63. The molecule has 2 aromatic rings. The smallest absolute Gasteiger partial charge is 0.277 e. The molecule has 3 rings (SSSR count). The summed E-state index contributed by atoms with van der Waals surface area (Å²) >= 11 is 0. The summed E-state index contributed by atoms with van der Waals surface area (Å²) in [5.74, 6) is -0.0780. The molecular weight excluding hydrogens is 304 g/mol. The summed E-state index contributed by atoms with van der Waals surface area (Å²) in [6, 6.07) is 14.8. The molecule has 0 radical (unpaired) electrons. The largest absolute Gasteiger partial charge is 0.495 e. The quantitative estimate of drug-likeness (QED) is 0.880. The van der Waals surface area contributed by atoms with Crippen molar-refractivity contribution in [1.82, 2.24) is 4.90 Å². The number of likely N-dealkylation sites (N-methyl/N-ethyl adjacent to an activating group) is 1. The van der Waals surface area contributed by atoms with E-state index < -0.39 is 0 Å². The van der Waals surface area contributed by atoms with E-state index >= 15 is 0 Å². The first-order chi connectivity index (χ1) is 11.5. The number of anilines is 1. The molecule has 0 aromatic heterocycles. The lowest BCUT2D eigenvalue weighted by molar-refractivity contribution is -0.135. The zero-order valence-electron chi connectivity index (χ0n) is 13.8. The molecule has 0 unspecified atom stereocenters. The Morgan fingerprint density at radius 3 is 2.29 bits per heavy atom. The standard InChI is InChI=1S/C19H18N2O3/c1-12-8-10-13(11-9-12)16-17(19(23)21(2)18(16)22)20-14-6-4-5-7-15(14)24-3/h4-11,20H,1-3H3. The third-order valence-electron chi connectivity index (χ3n) is 3.99. The summed E-state index contributed by atoms with van der Waals surface area (Å²) in [5.41, 5.74) is 3.06. The average molecular weight is 322 g/mol. The maximum atomic E-state index is 12.5. The number of amides is 2. The van der Waals surface area contributed by atoms with Crippen LogP contribution in [0.3, 0.4) is 0 Å². The molecule has 2 amide bonds. The predicted molar refractivity (Wildman–Crippen MR) is 92.5 cm³/mol. The first kappa shape index (κ1) is 15.8. The van der Waals surface area contributed by atoms with E-state index in [1.54, 1.807) is 19.2 Å². The number of hydrogen-bond acceptors (Lipinski definition) is 4. The first-order valence-corrected chi connectivity index (χ1v) is 7.56. The van der Waals surface area contributed by atoms with Crippen molar-refractivity contribution in [3.8, 4) is 5.75 Å². The maximum absolute atomic E-state index is 12.5. The van der Waals surface area contributed by atoms with Gasteiger partial charge in [-0.25, -0.2) is 0 Å². The van der Waals surface area contributed by atoms with Crippen LogP contribution in [0, 0.1) is 6.92 Å². The van der Waals surface area contributed by atoms with Gasteiger partial charge in [-0.05, 0) is 24.6 Å². The highest BCUT2D eigenvalue weighted by molar-refractivity contribution is 6.36. The van der Waals surface area contributed by atoms with E-state index in [9.17, 15) is 9.59 Å². The summed E-state index contributed by atoms with van der Waals surface area (Å²) in [4.78, 5) is 26.2. The van der Waals surface area contributed by atoms with Crippen LogP contribution in [0.2, 0.25) is 0 Å². The van der Waals surface area contributed by atoms with Crippen LogP contribution in [0.15, 0.2) is 54.2 Å². The lowest BCUT2D eigenvalue weighted by atomic mass is 10.0. The number of hydrogen-bond donors (Lipinski definition) is 1. The van der Waals surface area contributed by atoms with Crippen molar-refractivity contribution < 1.29 is 14.3 Å². The Labute approximate surface area is 140 Å². The van der Waals surface area contributed by atoms with Crippen molar-refractivity contribution in [3.05, 3.63) is 65.4 Å². The highest BCUT2D eigenvalue weighted by Gasteiger charge is 2.37. The van der Waals surface area contributed by atoms with E-state index in [1.165, 1.54) is 7.05 Å². The predicted octanol–water partition coefficient (Wildman–Crippen LogP) is 2.83. The van der Waals surface area contributed by atoms with Gasteiger partial charge in [0.25, 0.3) is 11.8 Å². The van der Waals surface area contributed by atoms with Gasteiger partial charge < -0.3 is 10.1 Å². The second-order valence-electron chi connectivity index (χ2n) is 5.61. The number of para-hydroxylation sites is 2. The summed E-state index contributed by atoms with van der Waals surface area (Å²) in [5, 5.41) is 3.08. The highest BCUT2D eigenvalue weighted by Crippen LogP contribution is 2.32. The molecule has 24 heavy (non-hydrogen) atoms. The fourth-order valence-electron chi connectivity index (χ4n) is 2.63. The molecule has 122 valence electrons. The maximum Gasteiger partial charge on any atom is 0.277 e. The van der Waals surface area contributed by atoms with E-state index in [-0.39, 0.29) is 17.5 Å². The molecule has 0 aliphatic carbocycles. The van der Waals surface area contributed by atoms with Crippen molar-refractivity contribution in [2.75, 3.05) is 19.5 Å². The van der Waals surface area contributed by atoms with Crippen LogP contribution in [-0.2, 0) is 9.59 Å². The highest BCUT2D eigenvalue weighted by atomic mass is 16.5. The molecular formula is C19H18N2O3. The average Bonchev–Trinajstić information content (AvgIpc) is 2.80. The molecule has 1 aliphatic heterocycles. The number of carbonyl (C=O) groups excluding carboxylic acids is 2. The summed E-state index contributed by atoms with van der Waals surface area (Å²) in [6.07, 6.45) is 0. The summed E-state index contributed by atoms with van der Waals surface area (Å²) < 4.78 is 5.31. The van der Waals surface area contributed by atoms with Crippen LogP contribution in [0.1, 0.15) is 11.1 Å². The van der Waals surface area contributed by atoms with Gasteiger partial charge in [0.15, 0.2) is 0 Å². The molecule has 1 N–H and O–H groups in total. The number of rotatable bonds is 4. The van der Waals surface area contributed by atoms with E-state index in [4.69, 9.17) is 4.74 Å². The van der Waals surface area contributed by atoms with E-state index in [2.05, 4.69) is 5.32 Å². The molecule has 0 bridgehead atoms. The van der Waals surface area contributed by atoms with Crippen LogP contribution >= 0.6 is 0 Å². The Morgan fingerprint density at radius 2 is 1.62 bits per heavy atom. The lowest BCUT2D eigenvalue weighted by Gasteiger charge is -2.12. The van der Waals surface area contributed by atoms with Gasteiger partial charge in [0.2, 0.25) is 0 Å². The van der Waals surface area contributed by atoms with E-state index in [0.717, 1.165) is 10.5 Å². The molecule has 5 nitrogen and oxygen atoms in total. The first-order valence-electron chi connectivity index (χ1n) is 7.56. The van der Waals surface area contributed by atoms with Gasteiger partial charge >= 0.3 is 0 Å². The van der Waals surface area contributed by atoms with Crippen LogP contribution < -0.4 is 10.1 Å². The van der Waals surface area contributed by atoms with Gasteiger partial charge in [0, 0.05) is 7.05 Å². The van der Waals surface area contributed by atoms with E-state index in [0.29, 0.717) is 22.6 Å². The Balaban J connectivity index is 2.10. The van der Waals surface area contributed by atoms with Gasteiger partial charge in [0.05, 0.1) is 18.4 Å². The third-order valence-corrected chi connectivity index (χ3v) is 3.99. The lowest BCUT2D eigenvalue weighted by Crippen LogP contribution is -2.27. The number of benzene rings is 2. The molecule has 0 saturated heterocycles. The minimum atomic E-state index is -0.360. The molecule has 1 heterocycles. The monoisotopic (exact) mass is 322 g/mol. The second-order valence-corrected chi connectivity index (χ2v) is 5.61. The van der Waals surface area contributed by atoms with Gasteiger partial charge in [-0.3, -0.25) is 14.5 Å². The molecule has 0 spiro atoms. The van der Waals surface area contributed by atoms with Gasteiger partial charge in [-0.1, -0.05) is 42.0 Å². The van der Waals surface area contributed by atoms with Gasteiger partial charge in [-0.15, -0.1) is 0 Å².